The first-order chi connectivity index (χ1) is 14.0. The third-order valence-electron chi connectivity index (χ3n) is 5.10. The predicted molar refractivity (Wildman–Crippen MR) is 115 cm³/mol. The van der Waals surface area contributed by atoms with E-state index in [1.54, 1.807) is 18.2 Å². The number of ether oxygens (including phenoxy) is 1. The zero-order valence-electron chi connectivity index (χ0n) is 16.6. The molecule has 8 heteroatoms. The fourth-order valence-corrected chi connectivity index (χ4v) is 4.31. The standard InChI is InChI=1S/C21H24N4O3S/c1-3-28-20-7-5-4-6-19(20)24-10-12-25(13-11-24)21-17-14-16(29(2,26)27)8-9-18(17)22-15-23-21/h4-9,14-15H,3,10-13H2,1-2H3. The van der Waals surface area contributed by atoms with Gasteiger partial charge in [0, 0.05) is 37.8 Å². The van der Waals surface area contributed by atoms with E-state index in [0.29, 0.717) is 6.61 Å². The Hall–Kier alpha value is -2.87. The molecule has 0 atom stereocenters. The van der Waals surface area contributed by atoms with Crippen LogP contribution in [0.2, 0.25) is 0 Å². The Labute approximate surface area is 170 Å². The molecule has 0 amide bonds. The third-order valence-corrected chi connectivity index (χ3v) is 6.21. The van der Waals surface area contributed by atoms with Gasteiger partial charge < -0.3 is 14.5 Å². The molecule has 7 nitrogen and oxygen atoms in total. The summed E-state index contributed by atoms with van der Waals surface area (Å²) in [6.45, 7) is 5.81. The Balaban J connectivity index is 1.60. The molecule has 1 aliphatic heterocycles. The van der Waals surface area contributed by atoms with Gasteiger partial charge in [0.05, 0.1) is 22.7 Å². The number of fused-ring (bicyclic) bond motifs is 1. The smallest absolute Gasteiger partial charge is 0.175 e. The Bertz CT molecular complexity index is 1130. The minimum Gasteiger partial charge on any atom is -0.492 e. The predicted octanol–water partition coefficient (Wildman–Crippen LogP) is 2.76. The van der Waals surface area contributed by atoms with Gasteiger partial charge in [0.2, 0.25) is 0 Å². The van der Waals surface area contributed by atoms with Crippen LogP contribution in [0.4, 0.5) is 11.5 Å². The van der Waals surface area contributed by atoms with Gasteiger partial charge in [0.1, 0.15) is 17.9 Å². The number of hydrogen-bond acceptors (Lipinski definition) is 7. The van der Waals surface area contributed by atoms with Crippen LogP contribution in [0.5, 0.6) is 5.75 Å². The monoisotopic (exact) mass is 412 g/mol. The molecule has 0 aliphatic carbocycles. The molecule has 29 heavy (non-hydrogen) atoms. The molecule has 1 aromatic heterocycles. The Morgan fingerprint density at radius 3 is 2.45 bits per heavy atom. The molecule has 3 aromatic rings. The maximum atomic E-state index is 12.0. The molecule has 1 aliphatic rings. The molecule has 0 unspecified atom stereocenters. The molecule has 2 aromatic carbocycles. The van der Waals surface area contributed by atoms with Crippen LogP contribution in [0, 0.1) is 0 Å². The van der Waals surface area contributed by atoms with Crippen LogP contribution in [-0.2, 0) is 9.84 Å². The number of hydrogen-bond donors (Lipinski definition) is 0. The number of nitrogens with zero attached hydrogens (tertiary/aromatic N) is 4. The molecule has 0 radical (unpaired) electrons. The Morgan fingerprint density at radius 1 is 1.00 bits per heavy atom. The van der Waals surface area contributed by atoms with Crippen molar-refractivity contribution in [2.45, 2.75) is 11.8 Å². The minimum atomic E-state index is -3.29. The second kappa shape index (κ2) is 7.87. The van der Waals surface area contributed by atoms with Crippen LogP contribution >= 0.6 is 0 Å². The average molecular weight is 413 g/mol. The third kappa shape index (κ3) is 3.98. The highest BCUT2D eigenvalue weighted by molar-refractivity contribution is 7.90. The van der Waals surface area contributed by atoms with Crippen LogP contribution < -0.4 is 14.5 Å². The lowest BCUT2D eigenvalue weighted by Gasteiger charge is -2.37. The van der Waals surface area contributed by atoms with Crippen molar-refractivity contribution in [1.29, 1.82) is 0 Å². The van der Waals surface area contributed by atoms with Crippen molar-refractivity contribution in [2.75, 3.05) is 48.8 Å². The summed E-state index contributed by atoms with van der Waals surface area (Å²) in [6, 6.07) is 13.1. The maximum Gasteiger partial charge on any atom is 0.175 e. The lowest BCUT2D eigenvalue weighted by atomic mass is 10.2. The quantitative estimate of drug-likeness (QED) is 0.638. The van der Waals surface area contributed by atoms with E-state index in [-0.39, 0.29) is 4.90 Å². The first kappa shape index (κ1) is 19.4. The number of aromatic nitrogens is 2. The van der Waals surface area contributed by atoms with E-state index >= 15 is 0 Å². The highest BCUT2D eigenvalue weighted by Gasteiger charge is 2.22. The average Bonchev–Trinajstić information content (AvgIpc) is 2.73. The van der Waals surface area contributed by atoms with E-state index in [1.165, 1.54) is 12.6 Å². The molecular formula is C21H24N4O3S. The van der Waals surface area contributed by atoms with Crippen LogP contribution in [0.1, 0.15) is 6.92 Å². The molecule has 0 saturated carbocycles. The van der Waals surface area contributed by atoms with Gasteiger partial charge in [0.25, 0.3) is 0 Å². The van der Waals surface area contributed by atoms with Crippen molar-refractivity contribution >= 4 is 32.2 Å². The lowest BCUT2D eigenvalue weighted by molar-refractivity contribution is 0.340. The summed E-state index contributed by atoms with van der Waals surface area (Å²) in [7, 11) is -3.29. The SMILES string of the molecule is CCOc1ccccc1N1CCN(c2ncnc3ccc(S(C)(=O)=O)cc23)CC1. The topological polar surface area (TPSA) is 75.6 Å². The summed E-state index contributed by atoms with van der Waals surface area (Å²) in [5, 5.41) is 0.763. The number of sulfone groups is 1. The summed E-state index contributed by atoms with van der Waals surface area (Å²) in [6.07, 6.45) is 2.75. The summed E-state index contributed by atoms with van der Waals surface area (Å²) in [4.78, 5) is 13.6. The van der Waals surface area contributed by atoms with Crippen molar-refractivity contribution in [3.05, 3.63) is 48.8 Å². The van der Waals surface area contributed by atoms with Gasteiger partial charge in [-0.1, -0.05) is 12.1 Å². The fourth-order valence-electron chi connectivity index (χ4n) is 3.66. The highest BCUT2D eigenvalue weighted by atomic mass is 32.2. The van der Waals surface area contributed by atoms with E-state index in [0.717, 1.165) is 54.3 Å². The zero-order valence-corrected chi connectivity index (χ0v) is 17.4. The van der Waals surface area contributed by atoms with Crippen molar-refractivity contribution in [3.8, 4) is 5.75 Å². The lowest BCUT2D eigenvalue weighted by Crippen LogP contribution is -2.47. The van der Waals surface area contributed by atoms with E-state index in [1.807, 2.05) is 25.1 Å². The van der Waals surface area contributed by atoms with Crippen LogP contribution in [0.25, 0.3) is 10.9 Å². The van der Waals surface area contributed by atoms with E-state index in [4.69, 9.17) is 4.74 Å². The molecular weight excluding hydrogens is 388 g/mol. The van der Waals surface area contributed by atoms with Gasteiger partial charge in [-0.2, -0.15) is 0 Å². The van der Waals surface area contributed by atoms with Gasteiger partial charge in [-0.25, -0.2) is 18.4 Å². The summed E-state index contributed by atoms with van der Waals surface area (Å²) in [5.41, 5.74) is 1.84. The second-order valence-corrected chi connectivity index (χ2v) is 9.04. The van der Waals surface area contributed by atoms with Gasteiger partial charge in [-0.15, -0.1) is 0 Å². The first-order valence-corrected chi connectivity index (χ1v) is 11.5. The summed E-state index contributed by atoms with van der Waals surface area (Å²) < 4.78 is 29.7. The molecule has 1 fully saturated rings. The van der Waals surface area contributed by atoms with E-state index in [2.05, 4.69) is 25.8 Å². The molecule has 0 N–H and O–H groups in total. The number of piperazine rings is 1. The largest absolute Gasteiger partial charge is 0.492 e. The van der Waals surface area contributed by atoms with Crippen molar-refractivity contribution in [1.82, 2.24) is 9.97 Å². The first-order valence-electron chi connectivity index (χ1n) is 9.64. The Morgan fingerprint density at radius 2 is 1.72 bits per heavy atom. The number of anilines is 2. The van der Waals surface area contributed by atoms with Crippen LogP contribution in [-0.4, -0.2) is 57.4 Å². The second-order valence-electron chi connectivity index (χ2n) is 7.02. The van der Waals surface area contributed by atoms with Crippen LogP contribution in [0.3, 0.4) is 0 Å². The number of benzene rings is 2. The van der Waals surface area contributed by atoms with Gasteiger partial charge in [-0.3, -0.25) is 0 Å². The molecule has 1 saturated heterocycles. The zero-order chi connectivity index (χ0) is 20.4. The maximum absolute atomic E-state index is 12.0. The molecule has 0 spiro atoms. The normalized spacial score (nSPS) is 15.0. The molecule has 152 valence electrons. The highest BCUT2D eigenvalue weighted by Crippen LogP contribution is 2.31. The van der Waals surface area contributed by atoms with E-state index in [9.17, 15) is 8.42 Å². The molecule has 0 bridgehead atoms. The number of rotatable bonds is 5. The Kier molecular flexibility index (Phi) is 5.27. The van der Waals surface area contributed by atoms with Crippen LogP contribution in [0.15, 0.2) is 53.7 Å². The fraction of sp³-hybridized carbons (Fsp3) is 0.333. The van der Waals surface area contributed by atoms with Gasteiger partial charge in [0.15, 0.2) is 9.84 Å². The summed E-state index contributed by atoms with van der Waals surface area (Å²) >= 11 is 0. The van der Waals surface area contributed by atoms with Gasteiger partial charge in [-0.05, 0) is 37.3 Å². The molecule has 2 heterocycles. The van der Waals surface area contributed by atoms with Crippen molar-refractivity contribution < 1.29 is 13.2 Å². The van der Waals surface area contributed by atoms with Gasteiger partial charge >= 0.3 is 0 Å². The number of para-hydroxylation sites is 2. The minimum absolute atomic E-state index is 0.283. The summed E-state index contributed by atoms with van der Waals surface area (Å²) in [5.74, 6) is 1.67. The molecule has 4 rings (SSSR count). The van der Waals surface area contributed by atoms with Crippen molar-refractivity contribution in [2.24, 2.45) is 0 Å². The van der Waals surface area contributed by atoms with E-state index < -0.39 is 9.84 Å². The van der Waals surface area contributed by atoms with Crippen molar-refractivity contribution in [3.63, 3.8) is 0 Å².